The molecule has 0 aliphatic rings. The minimum atomic E-state index is -0.439. The third-order valence-corrected chi connectivity index (χ3v) is 7.05. The van der Waals surface area contributed by atoms with Crippen LogP contribution < -0.4 is 10.6 Å². The van der Waals surface area contributed by atoms with E-state index in [1.807, 2.05) is 13.8 Å². The summed E-state index contributed by atoms with van der Waals surface area (Å²) in [5.74, 6) is 0.0305. The Kier molecular flexibility index (Phi) is 9.06. The lowest BCUT2D eigenvalue weighted by molar-refractivity contribution is -0.113. The fraction of sp³-hybridized carbons (Fsp3) is 0.238. The third-order valence-electron chi connectivity index (χ3n) is 4.44. The third kappa shape index (κ3) is 7.10. The Morgan fingerprint density at radius 1 is 1.12 bits per heavy atom. The van der Waals surface area contributed by atoms with Gasteiger partial charge in [-0.05, 0) is 58.2 Å². The summed E-state index contributed by atoms with van der Waals surface area (Å²) in [6, 6.07) is 9.36. The van der Waals surface area contributed by atoms with Crippen molar-refractivity contribution in [3.05, 3.63) is 67.3 Å². The van der Waals surface area contributed by atoms with Crippen molar-refractivity contribution in [2.45, 2.75) is 25.0 Å². The first-order valence-electron chi connectivity index (χ1n) is 9.70. The molecule has 1 atom stereocenters. The van der Waals surface area contributed by atoms with Gasteiger partial charge in [-0.1, -0.05) is 60.4 Å². The summed E-state index contributed by atoms with van der Waals surface area (Å²) >= 11 is 22.5. The topological polar surface area (TPSA) is 99.8 Å². The summed E-state index contributed by atoms with van der Waals surface area (Å²) in [7, 11) is 0. The Hall–Kier alpha value is -1.78. The highest BCUT2D eigenvalue weighted by molar-refractivity contribution is 9.10. The number of benzene rings is 2. The van der Waals surface area contributed by atoms with Gasteiger partial charge in [-0.2, -0.15) is 0 Å². The number of amides is 2. The number of nitrogens with one attached hydrogen (secondary N) is 3. The van der Waals surface area contributed by atoms with Gasteiger partial charge in [-0.25, -0.2) is 4.98 Å². The molecule has 2 amide bonds. The molecule has 0 aliphatic carbocycles. The van der Waals surface area contributed by atoms with Crippen LogP contribution in [-0.4, -0.2) is 32.7 Å². The lowest BCUT2D eigenvalue weighted by Crippen LogP contribution is -2.32. The molecule has 33 heavy (non-hydrogen) atoms. The number of thioether (sulfide) groups is 1. The van der Waals surface area contributed by atoms with Crippen LogP contribution in [0.25, 0.3) is 0 Å². The molecule has 12 heteroatoms. The molecular formula is C21H19BrCl3N5O2S. The van der Waals surface area contributed by atoms with Crippen molar-refractivity contribution in [2.24, 2.45) is 5.92 Å². The second-order valence-corrected chi connectivity index (χ2v) is 10.3. The maximum absolute atomic E-state index is 12.7. The Morgan fingerprint density at radius 3 is 2.55 bits per heavy atom. The minimum absolute atomic E-state index is 0.0116. The van der Waals surface area contributed by atoms with Gasteiger partial charge in [0, 0.05) is 15.2 Å². The van der Waals surface area contributed by atoms with Gasteiger partial charge in [-0.15, -0.1) is 5.10 Å². The molecule has 174 valence electrons. The van der Waals surface area contributed by atoms with E-state index in [1.54, 1.807) is 30.3 Å². The van der Waals surface area contributed by atoms with Crippen LogP contribution in [0, 0.1) is 5.92 Å². The van der Waals surface area contributed by atoms with Gasteiger partial charge in [-0.3, -0.25) is 14.7 Å². The van der Waals surface area contributed by atoms with E-state index in [-0.39, 0.29) is 28.5 Å². The van der Waals surface area contributed by atoms with Crippen LogP contribution in [0.1, 0.15) is 36.1 Å². The van der Waals surface area contributed by atoms with Crippen molar-refractivity contribution in [1.82, 2.24) is 20.5 Å². The quantitative estimate of drug-likeness (QED) is 0.264. The second kappa shape index (κ2) is 11.6. The Morgan fingerprint density at radius 2 is 1.88 bits per heavy atom. The average Bonchev–Trinajstić information content (AvgIpc) is 3.21. The minimum Gasteiger partial charge on any atom is -0.342 e. The zero-order valence-corrected chi connectivity index (χ0v) is 22.1. The first-order chi connectivity index (χ1) is 15.6. The van der Waals surface area contributed by atoms with Crippen LogP contribution >= 0.6 is 62.5 Å². The number of halogens is 4. The number of hydrogen-bond acceptors (Lipinski definition) is 5. The molecule has 0 radical (unpaired) electrons. The maximum atomic E-state index is 12.7. The standard InChI is InChI=1S/C21H19BrCl3N5O2S/c1-10(2)18(27-20(32)13-5-3-11(23)7-16(13)25)19-28-21(30-29-19)33-9-17(31)26-12-4-6-15(24)14(22)8-12/h3-8,10,18H,9H2,1-2H3,(H,26,31)(H,27,32)(H,28,29,30)/t18-/m1/s1. The Bertz CT molecular complexity index is 1170. The van der Waals surface area contributed by atoms with Crippen molar-refractivity contribution in [3.63, 3.8) is 0 Å². The highest BCUT2D eigenvalue weighted by Crippen LogP contribution is 2.27. The predicted octanol–water partition coefficient (Wildman–Crippen LogP) is 6.39. The molecule has 0 aliphatic heterocycles. The number of H-pyrrole nitrogens is 1. The van der Waals surface area contributed by atoms with Gasteiger partial charge in [0.25, 0.3) is 5.91 Å². The zero-order valence-electron chi connectivity index (χ0n) is 17.5. The number of rotatable bonds is 8. The van der Waals surface area contributed by atoms with Crippen molar-refractivity contribution in [3.8, 4) is 0 Å². The molecule has 3 N–H and O–H groups in total. The zero-order chi connectivity index (χ0) is 24.1. The lowest BCUT2D eigenvalue weighted by Gasteiger charge is -2.20. The van der Waals surface area contributed by atoms with Crippen LogP contribution in [0.5, 0.6) is 0 Å². The van der Waals surface area contributed by atoms with Crippen LogP contribution in [0.15, 0.2) is 46.0 Å². The largest absolute Gasteiger partial charge is 0.342 e. The van der Waals surface area contributed by atoms with Gasteiger partial charge in [0.05, 0.1) is 27.4 Å². The summed E-state index contributed by atoms with van der Waals surface area (Å²) in [6.45, 7) is 3.89. The molecule has 3 rings (SSSR count). The Labute approximate surface area is 218 Å². The first kappa shape index (κ1) is 25.8. The van der Waals surface area contributed by atoms with Gasteiger partial charge >= 0.3 is 0 Å². The van der Waals surface area contributed by atoms with Crippen LogP contribution in [0.2, 0.25) is 15.1 Å². The summed E-state index contributed by atoms with van der Waals surface area (Å²) < 4.78 is 0.690. The highest BCUT2D eigenvalue weighted by Gasteiger charge is 2.24. The molecule has 0 unspecified atom stereocenters. The van der Waals surface area contributed by atoms with E-state index in [0.29, 0.717) is 36.7 Å². The SMILES string of the molecule is CC(C)[C@@H](NC(=O)c1ccc(Cl)cc1Cl)c1nc(SCC(=O)Nc2ccc(Cl)c(Br)c2)n[nH]1. The number of aromatic nitrogens is 3. The van der Waals surface area contributed by atoms with E-state index in [4.69, 9.17) is 34.8 Å². The highest BCUT2D eigenvalue weighted by atomic mass is 79.9. The van der Waals surface area contributed by atoms with Gasteiger partial charge < -0.3 is 10.6 Å². The molecular weight excluding hydrogens is 573 g/mol. The fourth-order valence-corrected chi connectivity index (χ4v) is 4.40. The van der Waals surface area contributed by atoms with Crippen LogP contribution in [0.3, 0.4) is 0 Å². The van der Waals surface area contributed by atoms with Crippen molar-refractivity contribution >= 4 is 80.0 Å². The number of hydrogen-bond donors (Lipinski definition) is 3. The molecule has 7 nitrogen and oxygen atoms in total. The number of carbonyl (C=O) groups excluding carboxylic acids is 2. The summed E-state index contributed by atoms with van der Waals surface area (Å²) in [5, 5.41) is 14.4. The van der Waals surface area contributed by atoms with E-state index < -0.39 is 6.04 Å². The van der Waals surface area contributed by atoms with Crippen molar-refractivity contribution in [2.75, 3.05) is 11.1 Å². The first-order valence-corrected chi connectivity index (χ1v) is 12.6. The molecule has 3 aromatic rings. The van der Waals surface area contributed by atoms with E-state index in [0.717, 1.165) is 0 Å². The van der Waals surface area contributed by atoms with E-state index >= 15 is 0 Å². The summed E-state index contributed by atoms with van der Waals surface area (Å²) in [5.41, 5.74) is 0.933. The van der Waals surface area contributed by atoms with E-state index in [1.165, 1.54) is 17.8 Å². The van der Waals surface area contributed by atoms with Crippen LogP contribution in [-0.2, 0) is 4.79 Å². The molecule has 2 aromatic carbocycles. The smallest absolute Gasteiger partial charge is 0.253 e. The predicted molar refractivity (Wildman–Crippen MR) is 136 cm³/mol. The maximum Gasteiger partial charge on any atom is 0.253 e. The van der Waals surface area contributed by atoms with Gasteiger partial charge in [0.2, 0.25) is 11.1 Å². The average molecular weight is 592 g/mol. The summed E-state index contributed by atoms with van der Waals surface area (Å²) in [6.07, 6.45) is 0. The molecule has 0 fully saturated rings. The van der Waals surface area contributed by atoms with Crippen molar-refractivity contribution < 1.29 is 9.59 Å². The van der Waals surface area contributed by atoms with E-state index in [2.05, 4.69) is 41.7 Å². The molecule has 1 heterocycles. The van der Waals surface area contributed by atoms with Gasteiger partial charge in [0.1, 0.15) is 5.82 Å². The lowest BCUT2D eigenvalue weighted by atomic mass is 10.0. The van der Waals surface area contributed by atoms with Crippen LogP contribution in [0.4, 0.5) is 5.69 Å². The number of aromatic amines is 1. The van der Waals surface area contributed by atoms with Crippen molar-refractivity contribution in [1.29, 1.82) is 0 Å². The monoisotopic (exact) mass is 589 g/mol. The molecule has 0 saturated carbocycles. The summed E-state index contributed by atoms with van der Waals surface area (Å²) in [4.78, 5) is 29.4. The molecule has 1 aromatic heterocycles. The van der Waals surface area contributed by atoms with E-state index in [9.17, 15) is 9.59 Å². The van der Waals surface area contributed by atoms with Gasteiger partial charge in [0.15, 0.2) is 0 Å². The number of anilines is 1. The number of carbonyl (C=O) groups is 2. The normalized spacial score (nSPS) is 12.0. The fourth-order valence-electron chi connectivity index (χ4n) is 2.81. The molecule has 0 saturated heterocycles. The molecule has 0 spiro atoms. The molecule has 0 bridgehead atoms. The second-order valence-electron chi connectivity index (χ2n) is 7.29. The number of nitrogens with zero attached hydrogens (tertiary/aromatic N) is 2. The Balaban J connectivity index is 1.62.